The van der Waals surface area contributed by atoms with Crippen LogP contribution in [0.1, 0.15) is 34.6 Å². The molecule has 2 aliphatic heterocycles. The van der Waals surface area contributed by atoms with Gasteiger partial charge in [-0.15, -0.1) is 0 Å². The summed E-state index contributed by atoms with van der Waals surface area (Å²) in [4.78, 5) is 15.8. The second-order valence-electron chi connectivity index (χ2n) is 5.79. The number of rotatable bonds is 3. The van der Waals surface area contributed by atoms with Crippen molar-refractivity contribution < 1.29 is 14.3 Å². The molecule has 4 nitrogen and oxygen atoms in total. The van der Waals surface area contributed by atoms with Crippen molar-refractivity contribution in [3.63, 3.8) is 0 Å². The fraction of sp³-hybridized carbons (Fsp3) is 0.857. The third-order valence-electron chi connectivity index (χ3n) is 4.00. The number of ether oxygens (including phenoxy) is 2. The van der Waals surface area contributed by atoms with E-state index in [-0.39, 0.29) is 23.6 Å². The molecule has 0 N–H and O–H groups in total. The average molecular weight is 285 g/mol. The minimum Gasteiger partial charge on any atom is -0.463 e. The van der Waals surface area contributed by atoms with Gasteiger partial charge >= 0.3 is 5.97 Å². The third kappa shape index (κ3) is 3.14. The van der Waals surface area contributed by atoms with Crippen molar-refractivity contribution in [2.45, 2.75) is 52.2 Å². The first-order chi connectivity index (χ1) is 8.90. The van der Waals surface area contributed by atoms with E-state index in [0.717, 1.165) is 0 Å². The SMILES string of the molecule is CC(=O)OC[C@H]1O[C@@H]2SC(C(C)C)=N[C@@H]2[C@@H](C)[C@@H]1C. The van der Waals surface area contributed by atoms with E-state index in [1.165, 1.54) is 12.0 Å². The van der Waals surface area contributed by atoms with E-state index in [9.17, 15) is 4.79 Å². The first-order valence-corrected chi connectivity index (χ1v) is 7.81. The highest BCUT2D eigenvalue weighted by molar-refractivity contribution is 8.14. The number of carbonyl (C=O) groups excluding carboxylic acids is 1. The van der Waals surface area contributed by atoms with Crippen molar-refractivity contribution >= 4 is 22.8 Å². The van der Waals surface area contributed by atoms with Crippen molar-refractivity contribution in [1.29, 1.82) is 0 Å². The van der Waals surface area contributed by atoms with Crippen LogP contribution in [0.25, 0.3) is 0 Å². The lowest BCUT2D eigenvalue weighted by Crippen LogP contribution is -2.47. The van der Waals surface area contributed by atoms with Gasteiger partial charge < -0.3 is 9.47 Å². The molecule has 0 aromatic rings. The molecular formula is C14H23NO3S. The summed E-state index contributed by atoms with van der Waals surface area (Å²) in [5.74, 6) is 0.997. The Morgan fingerprint density at radius 1 is 1.42 bits per heavy atom. The second kappa shape index (κ2) is 5.83. The van der Waals surface area contributed by atoms with E-state index in [2.05, 4.69) is 27.7 Å². The molecule has 19 heavy (non-hydrogen) atoms. The Bertz CT molecular complexity index is 383. The van der Waals surface area contributed by atoms with Crippen molar-refractivity contribution in [2.24, 2.45) is 22.7 Å². The summed E-state index contributed by atoms with van der Waals surface area (Å²) in [6.07, 6.45) is -0.0191. The molecule has 0 unspecified atom stereocenters. The van der Waals surface area contributed by atoms with Crippen LogP contribution in [0.15, 0.2) is 4.99 Å². The van der Waals surface area contributed by atoms with Crippen molar-refractivity contribution in [3.8, 4) is 0 Å². The molecule has 0 aromatic heterocycles. The van der Waals surface area contributed by atoms with Gasteiger partial charge in [-0.05, 0) is 11.8 Å². The largest absolute Gasteiger partial charge is 0.463 e. The molecule has 1 saturated heterocycles. The zero-order valence-electron chi connectivity index (χ0n) is 12.3. The normalized spacial score (nSPS) is 38.0. The lowest BCUT2D eigenvalue weighted by molar-refractivity contribution is -0.152. The third-order valence-corrected chi connectivity index (χ3v) is 5.44. The molecule has 5 atom stereocenters. The van der Waals surface area contributed by atoms with Gasteiger partial charge in [0.25, 0.3) is 0 Å². The highest BCUT2D eigenvalue weighted by Gasteiger charge is 2.45. The van der Waals surface area contributed by atoms with Gasteiger partial charge in [-0.25, -0.2) is 0 Å². The maximum atomic E-state index is 10.9. The van der Waals surface area contributed by atoms with Crippen LogP contribution in [0.5, 0.6) is 0 Å². The van der Waals surface area contributed by atoms with Crippen LogP contribution in [-0.2, 0) is 14.3 Å². The highest BCUT2D eigenvalue weighted by atomic mass is 32.2. The minimum absolute atomic E-state index is 0.0191. The van der Waals surface area contributed by atoms with E-state index in [4.69, 9.17) is 14.5 Å². The molecule has 0 bridgehead atoms. The Kier molecular flexibility index (Phi) is 4.56. The monoisotopic (exact) mass is 285 g/mol. The number of thioether (sulfide) groups is 1. The quantitative estimate of drug-likeness (QED) is 0.748. The van der Waals surface area contributed by atoms with Crippen LogP contribution >= 0.6 is 11.8 Å². The zero-order chi connectivity index (χ0) is 14.2. The number of nitrogens with zero attached hydrogens (tertiary/aromatic N) is 1. The van der Waals surface area contributed by atoms with Gasteiger partial charge in [-0.2, -0.15) is 0 Å². The molecular weight excluding hydrogens is 262 g/mol. The van der Waals surface area contributed by atoms with E-state index < -0.39 is 0 Å². The molecule has 0 aromatic carbocycles. The van der Waals surface area contributed by atoms with Crippen LogP contribution in [0.4, 0.5) is 0 Å². The van der Waals surface area contributed by atoms with E-state index in [1.54, 1.807) is 11.8 Å². The molecule has 5 heteroatoms. The summed E-state index contributed by atoms with van der Waals surface area (Å²) in [5, 5.41) is 1.18. The van der Waals surface area contributed by atoms with Gasteiger partial charge in [0.1, 0.15) is 12.0 Å². The molecule has 1 fully saturated rings. The number of hydrogen-bond donors (Lipinski definition) is 0. The molecule has 0 radical (unpaired) electrons. The Hall–Kier alpha value is -0.550. The summed E-state index contributed by atoms with van der Waals surface area (Å²) in [7, 11) is 0. The predicted molar refractivity (Wildman–Crippen MR) is 77.3 cm³/mol. The van der Waals surface area contributed by atoms with Crippen LogP contribution < -0.4 is 0 Å². The Morgan fingerprint density at radius 3 is 2.68 bits per heavy atom. The maximum absolute atomic E-state index is 10.9. The van der Waals surface area contributed by atoms with Gasteiger partial charge in [0.05, 0.1) is 17.2 Å². The van der Waals surface area contributed by atoms with Crippen LogP contribution in [-0.4, -0.2) is 35.2 Å². The number of carbonyl (C=O) groups is 1. The second-order valence-corrected chi connectivity index (χ2v) is 6.91. The molecule has 0 aliphatic carbocycles. The zero-order valence-corrected chi connectivity index (χ0v) is 13.1. The fourth-order valence-electron chi connectivity index (χ4n) is 2.52. The first kappa shape index (κ1) is 14.9. The van der Waals surface area contributed by atoms with Crippen LogP contribution in [0.2, 0.25) is 0 Å². The standard InChI is InChI=1S/C14H23NO3S/c1-7(2)13-15-12-9(4)8(3)11(6-17-10(5)16)18-14(12)19-13/h7-9,11-12,14H,6H2,1-5H3/t8-,9-,11+,12+,14+/m0/s1. The smallest absolute Gasteiger partial charge is 0.302 e. The number of hydrogen-bond acceptors (Lipinski definition) is 5. The van der Waals surface area contributed by atoms with E-state index in [1.807, 2.05) is 0 Å². The molecule has 0 spiro atoms. The lowest BCUT2D eigenvalue weighted by atomic mass is 9.83. The summed E-state index contributed by atoms with van der Waals surface area (Å²) in [5.41, 5.74) is 0.0872. The number of aliphatic imine (C=N–C) groups is 1. The Labute approximate surface area is 119 Å². The van der Waals surface area contributed by atoms with Crippen molar-refractivity contribution in [3.05, 3.63) is 0 Å². The molecule has 108 valence electrons. The van der Waals surface area contributed by atoms with E-state index in [0.29, 0.717) is 24.4 Å². The molecule has 2 aliphatic rings. The highest BCUT2D eigenvalue weighted by Crippen LogP contribution is 2.43. The topological polar surface area (TPSA) is 47.9 Å². The molecule has 0 saturated carbocycles. The van der Waals surface area contributed by atoms with E-state index >= 15 is 0 Å². The summed E-state index contributed by atoms with van der Waals surface area (Å²) < 4.78 is 11.2. The summed E-state index contributed by atoms with van der Waals surface area (Å²) in [6, 6.07) is 0.242. The van der Waals surface area contributed by atoms with Crippen LogP contribution in [0.3, 0.4) is 0 Å². The van der Waals surface area contributed by atoms with Crippen molar-refractivity contribution in [1.82, 2.24) is 0 Å². The minimum atomic E-state index is -0.247. The summed E-state index contributed by atoms with van der Waals surface area (Å²) in [6.45, 7) is 10.5. The van der Waals surface area contributed by atoms with Crippen LogP contribution in [0, 0.1) is 17.8 Å². The van der Waals surface area contributed by atoms with Gasteiger partial charge in [0.15, 0.2) is 0 Å². The van der Waals surface area contributed by atoms with Gasteiger partial charge in [0.2, 0.25) is 0 Å². The predicted octanol–water partition coefficient (Wildman–Crippen LogP) is 2.72. The Balaban J connectivity index is 2.03. The lowest BCUT2D eigenvalue weighted by Gasteiger charge is -2.40. The molecule has 2 heterocycles. The number of esters is 1. The maximum Gasteiger partial charge on any atom is 0.302 e. The molecule has 0 amide bonds. The molecule has 2 rings (SSSR count). The van der Waals surface area contributed by atoms with Gasteiger partial charge in [-0.1, -0.05) is 39.5 Å². The first-order valence-electron chi connectivity index (χ1n) is 6.93. The van der Waals surface area contributed by atoms with Crippen molar-refractivity contribution in [2.75, 3.05) is 6.61 Å². The van der Waals surface area contributed by atoms with Gasteiger partial charge in [0, 0.05) is 12.8 Å². The fourth-order valence-corrected chi connectivity index (χ4v) is 3.86. The number of fused-ring (bicyclic) bond motifs is 1. The summed E-state index contributed by atoms with van der Waals surface area (Å²) >= 11 is 1.73. The Morgan fingerprint density at radius 2 is 2.11 bits per heavy atom. The average Bonchev–Trinajstić information content (AvgIpc) is 2.76. The van der Waals surface area contributed by atoms with Gasteiger partial charge in [-0.3, -0.25) is 9.79 Å².